The van der Waals surface area contributed by atoms with Crippen LogP contribution in [-0.2, 0) is 0 Å². The van der Waals surface area contributed by atoms with Crippen LogP contribution in [0.5, 0.6) is 0 Å². The van der Waals surface area contributed by atoms with Crippen molar-refractivity contribution in [1.82, 2.24) is 0 Å². The first kappa shape index (κ1) is 8.52. The second kappa shape index (κ2) is 7.52. The Hall–Kier alpha value is -0.480. The van der Waals surface area contributed by atoms with E-state index in [1.807, 2.05) is 0 Å². The van der Waals surface area contributed by atoms with Crippen LogP contribution in [0.15, 0.2) is 0 Å². The number of hydrogen-bond donors (Lipinski definition) is 1. The summed E-state index contributed by atoms with van der Waals surface area (Å²) < 4.78 is 0. The van der Waals surface area contributed by atoms with Crippen LogP contribution in [0.2, 0.25) is 0 Å². The van der Waals surface area contributed by atoms with Gasteiger partial charge in [0.25, 0.3) is 0 Å². The lowest BCUT2D eigenvalue weighted by atomic mass is 10.2. The van der Waals surface area contributed by atoms with Crippen LogP contribution in [0.4, 0.5) is 0 Å². The fraction of sp³-hybridized carbons (Fsp3) is 0.750. The molecule has 0 aromatic heterocycles. The molecular weight excluding hydrogens is 110 g/mol. The molecule has 0 unspecified atom stereocenters. The van der Waals surface area contributed by atoms with Crippen molar-refractivity contribution in [2.45, 2.75) is 32.6 Å². The average molecular weight is 126 g/mol. The summed E-state index contributed by atoms with van der Waals surface area (Å²) in [5.74, 6) is 6.00. The van der Waals surface area contributed by atoms with Gasteiger partial charge in [0.05, 0.1) is 0 Å². The highest BCUT2D eigenvalue weighted by Gasteiger charge is 1.79. The molecule has 0 aromatic rings. The van der Waals surface area contributed by atoms with E-state index in [1.165, 1.54) is 19.3 Å². The molecule has 0 spiro atoms. The fourth-order valence-electron chi connectivity index (χ4n) is 0.640. The van der Waals surface area contributed by atoms with Crippen molar-refractivity contribution >= 4 is 0 Å². The zero-order valence-electron chi connectivity index (χ0n) is 6.24. The van der Waals surface area contributed by atoms with Gasteiger partial charge in [-0.25, -0.2) is 0 Å². The molecule has 0 saturated carbocycles. The summed E-state index contributed by atoms with van der Waals surface area (Å²) >= 11 is 0. The van der Waals surface area contributed by atoms with Crippen molar-refractivity contribution in [3.05, 3.63) is 0 Å². The number of rotatable bonds is 3. The van der Waals surface area contributed by atoms with Gasteiger partial charge in [0.1, 0.15) is 6.54 Å². The molecule has 0 amide bonds. The van der Waals surface area contributed by atoms with Gasteiger partial charge in [-0.1, -0.05) is 25.7 Å². The zero-order valence-corrected chi connectivity index (χ0v) is 6.24. The van der Waals surface area contributed by atoms with Crippen molar-refractivity contribution in [1.29, 1.82) is 0 Å². The maximum absolute atomic E-state index is 3.63. The lowest BCUT2D eigenvalue weighted by molar-refractivity contribution is -0.349. The Balaban J connectivity index is 2.90. The fourth-order valence-corrected chi connectivity index (χ4v) is 0.640. The molecule has 0 rings (SSSR count). The maximum Gasteiger partial charge on any atom is 0.136 e. The summed E-state index contributed by atoms with van der Waals surface area (Å²) in [4.78, 5) is 0. The highest BCUT2D eigenvalue weighted by atomic mass is 14.5. The molecule has 9 heavy (non-hydrogen) atoms. The molecule has 1 nitrogen and oxygen atoms in total. The molecular formula is C8H16N+. The molecule has 0 aromatic carbocycles. The van der Waals surface area contributed by atoms with Gasteiger partial charge in [-0.15, -0.1) is 0 Å². The summed E-state index contributed by atoms with van der Waals surface area (Å²) in [5.41, 5.74) is 3.63. The number of quaternary nitrogens is 1. The first-order valence-corrected chi connectivity index (χ1v) is 3.66. The third-order valence-electron chi connectivity index (χ3n) is 1.16. The largest absolute Gasteiger partial charge is 0.347 e. The summed E-state index contributed by atoms with van der Waals surface area (Å²) in [7, 11) is 0. The summed E-state index contributed by atoms with van der Waals surface area (Å²) in [6, 6.07) is 0. The van der Waals surface area contributed by atoms with Crippen molar-refractivity contribution in [2.75, 3.05) is 6.54 Å². The Bertz CT molecular complexity index is 96.9. The van der Waals surface area contributed by atoms with Crippen molar-refractivity contribution in [3.8, 4) is 11.8 Å². The minimum atomic E-state index is 0.756. The Morgan fingerprint density at radius 3 is 2.56 bits per heavy atom. The second-order valence-electron chi connectivity index (χ2n) is 2.06. The smallest absolute Gasteiger partial charge is 0.136 e. The standard InChI is InChI=1S/C8H15N/c1-2-3-4-5-6-7-8-9/h2-5,8-9H2,1H3/p+1. The molecule has 0 heterocycles. The zero-order chi connectivity index (χ0) is 6.95. The van der Waals surface area contributed by atoms with E-state index in [4.69, 9.17) is 0 Å². The quantitative estimate of drug-likeness (QED) is 0.428. The van der Waals surface area contributed by atoms with Gasteiger partial charge in [-0.2, -0.15) is 0 Å². The van der Waals surface area contributed by atoms with E-state index in [2.05, 4.69) is 24.5 Å². The lowest BCUT2D eigenvalue weighted by Gasteiger charge is -1.87. The summed E-state index contributed by atoms with van der Waals surface area (Å²) in [6.45, 7) is 2.96. The Morgan fingerprint density at radius 1 is 1.22 bits per heavy atom. The number of unbranched alkanes of at least 4 members (excludes halogenated alkanes) is 3. The van der Waals surface area contributed by atoms with E-state index in [-0.39, 0.29) is 0 Å². The van der Waals surface area contributed by atoms with Crippen LogP contribution >= 0.6 is 0 Å². The van der Waals surface area contributed by atoms with Gasteiger partial charge in [0, 0.05) is 6.42 Å². The van der Waals surface area contributed by atoms with E-state index in [1.54, 1.807) is 0 Å². The van der Waals surface area contributed by atoms with Crippen LogP contribution in [0.25, 0.3) is 0 Å². The molecule has 1 heteroatoms. The summed E-state index contributed by atoms with van der Waals surface area (Å²) in [5, 5.41) is 0. The van der Waals surface area contributed by atoms with E-state index < -0.39 is 0 Å². The highest BCUT2D eigenvalue weighted by molar-refractivity contribution is 4.97. The molecule has 3 N–H and O–H groups in total. The molecule has 52 valence electrons. The van der Waals surface area contributed by atoms with E-state index >= 15 is 0 Å². The molecule has 0 radical (unpaired) electrons. The summed E-state index contributed by atoms with van der Waals surface area (Å²) in [6.07, 6.45) is 4.91. The molecule has 0 fully saturated rings. The van der Waals surface area contributed by atoms with Gasteiger partial charge in [0.15, 0.2) is 0 Å². The van der Waals surface area contributed by atoms with Crippen LogP contribution in [-0.4, -0.2) is 6.54 Å². The predicted octanol–water partition coefficient (Wildman–Crippen LogP) is 0.812. The van der Waals surface area contributed by atoms with Crippen LogP contribution in [0.1, 0.15) is 32.6 Å². The molecule has 0 atom stereocenters. The SMILES string of the molecule is CCCCCC#CC[NH3+]. The van der Waals surface area contributed by atoms with Crippen molar-refractivity contribution < 1.29 is 5.73 Å². The van der Waals surface area contributed by atoms with E-state index in [0.717, 1.165) is 13.0 Å². The number of hydrogen-bond acceptors (Lipinski definition) is 0. The third kappa shape index (κ3) is 7.52. The first-order valence-electron chi connectivity index (χ1n) is 3.66. The Kier molecular flexibility index (Phi) is 7.12. The maximum atomic E-state index is 3.63. The minimum absolute atomic E-state index is 0.756. The van der Waals surface area contributed by atoms with Crippen molar-refractivity contribution in [2.24, 2.45) is 0 Å². The van der Waals surface area contributed by atoms with Gasteiger partial charge in [-0.05, 0) is 12.3 Å². The Labute approximate surface area is 57.6 Å². The van der Waals surface area contributed by atoms with Gasteiger partial charge in [-0.3, -0.25) is 0 Å². The minimum Gasteiger partial charge on any atom is -0.347 e. The first-order chi connectivity index (χ1) is 4.41. The molecule has 0 aliphatic carbocycles. The molecule has 0 aliphatic rings. The van der Waals surface area contributed by atoms with Gasteiger partial charge < -0.3 is 5.73 Å². The van der Waals surface area contributed by atoms with Crippen LogP contribution in [0.3, 0.4) is 0 Å². The molecule has 0 saturated heterocycles. The monoisotopic (exact) mass is 126 g/mol. The third-order valence-corrected chi connectivity index (χ3v) is 1.16. The van der Waals surface area contributed by atoms with E-state index in [9.17, 15) is 0 Å². The van der Waals surface area contributed by atoms with Gasteiger partial charge in [0.2, 0.25) is 0 Å². The van der Waals surface area contributed by atoms with Crippen LogP contribution < -0.4 is 5.73 Å². The molecule has 0 bridgehead atoms. The second-order valence-corrected chi connectivity index (χ2v) is 2.06. The van der Waals surface area contributed by atoms with Crippen LogP contribution in [0, 0.1) is 11.8 Å². The van der Waals surface area contributed by atoms with Crippen molar-refractivity contribution in [3.63, 3.8) is 0 Å². The average Bonchev–Trinajstić information content (AvgIpc) is 1.89. The Morgan fingerprint density at radius 2 is 2.00 bits per heavy atom. The van der Waals surface area contributed by atoms with Gasteiger partial charge >= 0.3 is 0 Å². The normalized spacial score (nSPS) is 8.22. The lowest BCUT2D eigenvalue weighted by Crippen LogP contribution is -2.49. The topological polar surface area (TPSA) is 27.6 Å². The predicted molar refractivity (Wildman–Crippen MR) is 39.7 cm³/mol. The molecule has 0 aliphatic heterocycles. The highest BCUT2D eigenvalue weighted by Crippen LogP contribution is 1.95. The van der Waals surface area contributed by atoms with E-state index in [0.29, 0.717) is 0 Å².